The van der Waals surface area contributed by atoms with Crippen LogP contribution in [0.5, 0.6) is 5.75 Å². The van der Waals surface area contributed by atoms with Gasteiger partial charge >= 0.3 is 0 Å². The number of ether oxygens (including phenoxy) is 1. The molecule has 120 valence electrons. The molecule has 22 heavy (non-hydrogen) atoms. The summed E-state index contributed by atoms with van der Waals surface area (Å²) < 4.78 is 5.13. The molecule has 1 aromatic rings. The first-order valence-corrected chi connectivity index (χ1v) is 6.86. The second kappa shape index (κ2) is 8.02. The lowest BCUT2D eigenvalue weighted by atomic mass is 10.0. The van der Waals surface area contributed by atoms with Crippen LogP contribution >= 0.6 is 0 Å². The summed E-state index contributed by atoms with van der Waals surface area (Å²) in [6.45, 7) is 3.31. The number of rotatable bonds is 7. The topological polar surface area (TPSA) is 111 Å². The largest absolute Gasteiger partial charge is 0.496 e. The van der Waals surface area contributed by atoms with Gasteiger partial charge in [-0.3, -0.25) is 14.4 Å². The van der Waals surface area contributed by atoms with Crippen LogP contribution in [0.1, 0.15) is 24.2 Å². The van der Waals surface area contributed by atoms with Crippen LogP contribution in [0.25, 0.3) is 0 Å². The Morgan fingerprint density at radius 1 is 1.23 bits per heavy atom. The van der Waals surface area contributed by atoms with E-state index in [1.165, 1.54) is 7.11 Å². The fraction of sp³-hybridized carbons (Fsp3) is 0.400. The van der Waals surface area contributed by atoms with E-state index in [-0.39, 0.29) is 12.5 Å². The Hall–Kier alpha value is -2.57. The maximum atomic E-state index is 12.3. The Bertz CT molecular complexity index is 557. The smallest absolute Gasteiger partial charge is 0.255 e. The molecule has 7 nitrogen and oxygen atoms in total. The van der Waals surface area contributed by atoms with E-state index in [1.54, 1.807) is 38.1 Å². The second-order valence-corrected chi connectivity index (χ2v) is 5.08. The summed E-state index contributed by atoms with van der Waals surface area (Å²) in [7, 11) is 1.46. The average Bonchev–Trinajstić information content (AvgIpc) is 2.49. The van der Waals surface area contributed by atoms with E-state index in [0.717, 1.165) is 0 Å². The SMILES string of the molecule is COc1ccccc1C(=O)N[C@H](C(=O)NCC(N)=O)C(C)C. The summed E-state index contributed by atoms with van der Waals surface area (Å²) in [4.78, 5) is 35.1. The molecule has 0 aromatic heterocycles. The highest BCUT2D eigenvalue weighted by Gasteiger charge is 2.25. The predicted molar refractivity (Wildman–Crippen MR) is 81.3 cm³/mol. The Kier molecular flexibility index (Phi) is 6.37. The molecular weight excluding hydrogens is 286 g/mol. The van der Waals surface area contributed by atoms with Crippen molar-refractivity contribution in [2.75, 3.05) is 13.7 Å². The number of nitrogens with two attached hydrogens (primary N) is 1. The number of hydrogen-bond acceptors (Lipinski definition) is 4. The number of methoxy groups -OCH3 is 1. The van der Waals surface area contributed by atoms with Gasteiger partial charge in [0.1, 0.15) is 11.8 Å². The fourth-order valence-electron chi connectivity index (χ4n) is 1.87. The van der Waals surface area contributed by atoms with Crippen molar-refractivity contribution < 1.29 is 19.1 Å². The lowest BCUT2D eigenvalue weighted by Gasteiger charge is -2.21. The summed E-state index contributed by atoms with van der Waals surface area (Å²) in [6, 6.07) is 5.93. The molecule has 0 bridgehead atoms. The van der Waals surface area contributed by atoms with Gasteiger partial charge < -0.3 is 21.1 Å². The number of amides is 3. The third kappa shape index (κ3) is 4.76. The van der Waals surface area contributed by atoms with Crippen molar-refractivity contribution in [3.05, 3.63) is 29.8 Å². The standard InChI is InChI=1S/C15H21N3O4/c1-9(2)13(15(21)17-8-12(16)19)18-14(20)10-6-4-5-7-11(10)22-3/h4-7,9,13H,8H2,1-3H3,(H2,16,19)(H,17,21)(H,18,20)/t13-/m0/s1. The number of benzene rings is 1. The van der Waals surface area contributed by atoms with Crippen molar-refractivity contribution in [2.45, 2.75) is 19.9 Å². The van der Waals surface area contributed by atoms with Crippen molar-refractivity contribution in [1.82, 2.24) is 10.6 Å². The molecule has 0 saturated carbocycles. The van der Waals surface area contributed by atoms with Crippen molar-refractivity contribution >= 4 is 17.7 Å². The molecule has 0 aliphatic carbocycles. The first-order valence-electron chi connectivity index (χ1n) is 6.86. The average molecular weight is 307 g/mol. The third-order valence-electron chi connectivity index (χ3n) is 3.02. The van der Waals surface area contributed by atoms with Gasteiger partial charge in [-0.05, 0) is 18.1 Å². The molecule has 3 amide bonds. The molecule has 0 heterocycles. The second-order valence-electron chi connectivity index (χ2n) is 5.08. The molecule has 0 unspecified atom stereocenters. The minimum atomic E-state index is -0.781. The van der Waals surface area contributed by atoms with Crippen LogP contribution in [0.2, 0.25) is 0 Å². The zero-order valence-corrected chi connectivity index (χ0v) is 12.9. The molecule has 0 aliphatic heterocycles. The first-order chi connectivity index (χ1) is 10.4. The van der Waals surface area contributed by atoms with Gasteiger partial charge in [-0.15, -0.1) is 0 Å². The fourth-order valence-corrected chi connectivity index (χ4v) is 1.87. The van der Waals surface area contributed by atoms with Gasteiger partial charge in [-0.2, -0.15) is 0 Å². The zero-order valence-electron chi connectivity index (χ0n) is 12.9. The normalized spacial score (nSPS) is 11.6. The van der Waals surface area contributed by atoms with Gasteiger partial charge in [-0.25, -0.2) is 0 Å². The third-order valence-corrected chi connectivity index (χ3v) is 3.02. The number of hydrogen-bond donors (Lipinski definition) is 3. The van der Waals surface area contributed by atoms with Gasteiger partial charge in [0.2, 0.25) is 11.8 Å². The highest BCUT2D eigenvalue weighted by atomic mass is 16.5. The Morgan fingerprint density at radius 2 is 1.86 bits per heavy atom. The summed E-state index contributed by atoms with van der Waals surface area (Å²) in [5, 5.41) is 5.04. The highest BCUT2D eigenvalue weighted by molar-refractivity contribution is 6.00. The maximum absolute atomic E-state index is 12.3. The summed E-state index contributed by atoms with van der Waals surface area (Å²) in [5.74, 6) is -1.28. The number of carbonyl (C=O) groups excluding carboxylic acids is 3. The molecule has 0 fully saturated rings. The van der Waals surface area contributed by atoms with E-state index in [4.69, 9.17) is 10.5 Å². The Morgan fingerprint density at radius 3 is 2.41 bits per heavy atom. The molecule has 1 atom stereocenters. The zero-order chi connectivity index (χ0) is 16.7. The van der Waals surface area contributed by atoms with Crippen LogP contribution in [-0.2, 0) is 9.59 Å². The maximum Gasteiger partial charge on any atom is 0.255 e. The molecule has 1 aromatic carbocycles. The van der Waals surface area contributed by atoms with Crippen LogP contribution in [-0.4, -0.2) is 37.4 Å². The van der Waals surface area contributed by atoms with Gasteiger partial charge in [0.25, 0.3) is 5.91 Å². The van der Waals surface area contributed by atoms with Gasteiger partial charge in [0.05, 0.1) is 19.2 Å². The Labute approximate surface area is 129 Å². The van der Waals surface area contributed by atoms with Crippen LogP contribution in [0.4, 0.5) is 0 Å². The molecule has 0 spiro atoms. The van der Waals surface area contributed by atoms with E-state index < -0.39 is 23.8 Å². The Balaban J connectivity index is 2.84. The molecule has 7 heteroatoms. The predicted octanol–water partition coefficient (Wildman–Crippen LogP) is 0.0511. The summed E-state index contributed by atoms with van der Waals surface area (Å²) in [6.07, 6.45) is 0. The van der Waals surface area contributed by atoms with E-state index in [1.807, 2.05) is 0 Å². The van der Waals surface area contributed by atoms with Gasteiger partial charge in [-0.1, -0.05) is 26.0 Å². The minimum absolute atomic E-state index is 0.161. The quantitative estimate of drug-likeness (QED) is 0.661. The number of carbonyl (C=O) groups is 3. The molecule has 0 aliphatic rings. The van der Waals surface area contributed by atoms with Crippen LogP contribution < -0.4 is 21.1 Å². The number of para-hydroxylation sites is 1. The van der Waals surface area contributed by atoms with E-state index >= 15 is 0 Å². The van der Waals surface area contributed by atoms with E-state index in [9.17, 15) is 14.4 Å². The molecule has 0 radical (unpaired) electrons. The first kappa shape index (κ1) is 17.5. The summed E-state index contributed by atoms with van der Waals surface area (Å²) in [5.41, 5.74) is 5.32. The minimum Gasteiger partial charge on any atom is -0.496 e. The lowest BCUT2D eigenvalue weighted by molar-refractivity contribution is -0.126. The van der Waals surface area contributed by atoms with Crippen molar-refractivity contribution in [1.29, 1.82) is 0 Å². The molecule has 1 rings (SSSR count). The van der Waals surface area contributed by atoms with Crippen molar-refractivity contribution in [3.63, 3.8) is 0 Å². The molecule has 4 N–H and O–H groups in total. The molecule has 0 saturated heterocycles. The van der Waals surface area contributed by atoms with Crippen LogP contribution in [0.3, 0.4) is 0 Å². The van der Waals surface area contributed by atoms with Crippen LogP contribution in [0.15, 0.2) is 24.3 Å². The van der Waals surface area contributed by atoms with Gasteiger partial charge in [0, 0.05) is 0 Å². The highest BCUT2D eigenvalue weighted by Crippen LogP contribution is 2.17. The molecular formula is C15H21N3O4. The van der Waals surface area contributed by atoms with E-state index in [2.05, 4.69) is 10.6 Å². The van der Waals surface area contributed by atoms with Crippen molar-refractivity contribution in [2.24, 2.45) is 11.7 Å². The summed E-state index contributed by atoms with van der Waals surface area (Å²) >= 11 is 0. The van der Waals surface area contributed by atoms with Crippen LogP contribution in [0, 0.1) is 5.92 Å². The van der Waals surface area contributed by atoms with E-state index in [0.29, 0.717) is 11.3 Å². The monoisotopic (exact) mass is 307 g/mol. The number of primary amides is 1. The van der Waals surface area contributed by atoms with Crippen molar-refractivity contribution in [3.8, 4) is 5.75 Å². The number of nitrogens with one attached hydrogen (secondary N) is 2. The lowest BCUT2D eigenvalue weighted by Crippen LogP contribution is -2.51. The van der Waals surface area contributed by atoms with Gasteiger partial charge in [0.15, 0.2) is 0 Å².